The van der Waals surface area contributed by atoms with Gasteiger partial charge in [0.1, 0.15) is 18.3 Å². The predicted octanol–water partition coefficient (Wildman–Crippen LogP) is 1.82. The summed E-state index contributed by atoms with van der Waals surface area (Å²) < 4.78 is 13.4. The minimum Gasteiger partial charge on any atom is -0.467 e. The molecule has 5 heterocycles. The van der Waals surface area contributed by atoms with E-state index < -0.39 is 0 Å². The quantitative estimate of drug-likeness (QED) is 0.461. The van der Waals surface area contributed by atoms with Crippen molar-refractivity contribution in [3.8, 4) is 0 Å². The Bertz CT molecular complexity index is 1120. The maximum atomic E-state index is 9.78. The van der Waals surface area contributed by atoms with Crippen molar-refractivity contribution in [3.05, 3.63) is 66.9 Å². The number of hydrogen-bond donors (Lipinski definition) is 2. The van der Waals surface area contributed by atoms with Crippen molar-refractivity contribution in [1.29, 1.82) is 0 Å². The van der Waals surface area contributed by atoms with Gasteiger partial charge in [-0.1, -0.05) is 0 Å². The number of morpholine rings is 1. The first-order chi connectivity index (χ1) is 15.3. The third-order valence-electron chi connectivity index (χ3n) is 5.26. The van der Waals surface area contributed by atoms with E-state index in [9.17, 15) is 5.11 Å². The zero-order valence-corrected chi connectivity index (χ0v) is 16.8. The van der Waals surface area contributed by atoms with Gasteiger partial charge in [-0.25, -0.2) is 15.0 Å². The molecule has 0 bridgehead atoms. The van der Waals surface area contributed by atoms with Crippen LogP contribution in [-0.2, 0) is 17.8 Å². The number of pyridine rings is 1. The lowest BCUT2D eigenvalue weighted by molar-refractivity contribution is -0.135. The molecule has 2 N–H and O–H groups in total. The van der Waals surface area contributed by atoms with E-state index in [0.29, 0.717) is 36.6 Å². The number of nitrogens with zero attached hydrogens (tertiary/aromatic N) is 6. The second kappa shape index (κ2) is 8.80. The summed E-state index contributed by atoms with van der Waals surface area (Å²) in [6.07, 6.45) is 7.81. The Labute approximate surface area is 178 Å². The minimum atomic E-state index is -0.328. The molecule has 31 heavy (non-hydrogen) atoms. The third kappa shape index (κ3) is 4.26. The van der Waals surface area contributed by atoms with E-state index in [-0.39, 0.29) is 18.9 Å². The summed E-state index contributed by atoms with van der Waals surface area (Å²) >= 11 is 0. The number of furan rings is 1. The monoisotopic (exact) mass is 421 g/mol. The molecule has 10 nitrogen and oxygen atoms in total. The van der Waals surface area contributed by atoms with Gasteiger partial charge in [-0.15, -0.1) is 0 Å². The molecule has 1 fully saturated rings. The van der Waals surface area contributed by atoms with Crippen LogP contribution >= 0.6 is 0 Å². The van der Waals surface area contributed by atoms with Crippen LogP contribution in [0.25, 0.3) is 11.2 Å². The SMILES string of the molecule is OC[C@@H]1CN(Cc2ccncc2)C[C@H](n2cnc3c(NCc4ccco4)ncnc32)O1. The lowest BCUT2D eigenvalue weighted by Gasteiger charge is -2.37. The first-order valence-corrected chi connectivity index (χ1v) is 10.1. The maximum absolute atomic E-state index is 9.78. The van der Waals surface area contributed by atoms with E-state index >= 15 is 0 Å². The number of imidazole rings is 1. The van der Waals surface area contributed by atoms with E-state index in [0.717, 1.165) is 17.9 Å². The van der Waals surface area contributed by atoms with Gasteiger partial charge in [0.15, 0.2) is 17.0 Å². The number of aliphatic hydroxyl groups excluding tert-OH is 1. The summed E-state index contributed by atoms with van der Waals surface area (Å²) in [6.45, 7) is 2.48. The minimum absolute atomic E-state index is 0.0547. The highest BCUT2D eigenvalue weighted by Crippen LogP contribution is 2.26. The molecule has 1 aliphatic heterocycles. The summed E-state index contributed by atoms with van der Waals surface area (Å²) in [4.78, 5) is 19.6. The van der Waals surface area contributed by atoms with Crippen molar-refractivity contribution in [1.82, 2.24) is 29.4 Å². The molecule has 0 amide bonds. The molecule has 160 valence electrons. The molecular formula is C21H23N7O3. The van der Waals surface area contributed by atoms with Crippen molar-refractivity contribution in [3.63, 3.8) is 0 Å². The van der Waals surface area contributed by atoms with Gasteiger partial charge in [0, 0.05) is 32.0 Å². The van der Waals surface area contributed by atoms with Crippen molar-refractivity contribution in [2.24, 2.45) is 0 Å². The average Bonchev–Trinajstić information content (AvgIpc) is 3.48. The molecular weight excluding hydrogens is 398 g/mol. The molecule has 4 aromatic rings. The average molecular weight is 421 g/mol. The Kier molecular flexibility index (Phi) is 5.57. The van der Waals surface area contributed by atoms with Crippen LogP contribution in [0.3, 0.4) is 0 Å². The molecule has 0 spiro atoms. The fourth-order valence-electron chi connectivity index (χ4n) is 3.80. The molecule has 5 rings (SSSR count). The standard InChI is InChI=1S/C21H23N7O3/c29-12-17-10-27(9-15-3-5-22-6-4-15)11-18(31-17)28-14-26-19-20(24-13-25-21(19)28)23-8-16-2-1-7-30-16/h1-7,13-14,17-18,29H,8-12H2,(H,23,24,25)/t17-,18+/m0/s1. The van der Waals surface area contributed by atoms with Crippen molar-refractivity contribution in [2.75, 3.05) is 25.0 Å². The Balaban J connectivity index is 1.37. The largest absolute Gasteiger partial charge is 0.467 e. The van der Waals surface area contributed by atoms with Crippen LogP contribution in [0.2, 0.25) is 0 Å². The Morgan fingerprint density at radius 2 is 2.03 bits per heavy atom. The first kappa shape index (κ1) is 19.6. The third-order valence-corrected chi connectivity index (χ3v) is 5.26. The Morgan fingerprint density at radius 1 is 1.13 bits per heavy atom. The number of rotatable bonds is 7. The van der Waals surface area contributed by atoms with Crippen molar-refractivity contribution in [2.45, 2.75) is 25.4 Å². The van der Waals surface area contributed by atoms with Gasteiger partial charge in [0.2, 0.25) is 0 Å². The number of nitrogens with one attached hydrogen (secondary N) is 1. The van der Waals surface area contributed by atoms with Gasteiger partial charge in [-0.05, 0) is 29.8 Å². The normalized spacial score (nSPS) is 19.6. The van der Waals surface area contributed by atoms with Crippen LogP contribution in [0.4, 0.5) is 5.82 Å². The number of hydrogen-bond acceptors (Lipinski definition) is 9. The van der Waals surface area contributed by atoms with Gasteiger partial charge in [-0.3, -0.25) is 14.5 Å². The van der Waals surface area contributed by atoms with E-state index in [1.807, 2.05) is 28.8 Å². The fourth-order valence-corrected chi connectivity index (χ4v) is 3.80. The second-order valence-electron chi connectivity index (χ2n) is 7.42. The molecule has 0 aliphatic carbocycles. The van der Waals surface area contributed by atoms with E-state index in [1.165, 1.54) is 6.33 Å². The summed E-state index contributed by atoms with van der Waals surface area (Å²) in [6, 6.07) is 7.73. The van der Waals surface area contributed by atoms with Gasteiger partial charge >= 0.3 is 0 Å². The molecule has 2 atom stereocenters. The van der Waals surface area contributed by atoms with Crippen molar-refractivity contribution >= 4 is 17.0 Å². The molecule has 1 aliphatic rings. The molecule has 10 heteroatoms. The molecule has 0 aromatic carbocycles. The Hall–Kier alpha value is -3.34. The number of aliphatic hydroxyl groups is 1. The number of fused-ring (bicyclic) bond motifs is 1. The van der Waals surface area contributed by atoms with E-state index in [1.54, 1.807) is 25.0 Å². The predicted molar refractivity (Wildman–Crippen MR) is 112 cm³/mol. The summed E-state index contributed by atoms with van der Waals surface area (Å²) in [7, 11) is 0. The fraction of sp³-hybridized carbons (Fsp3) is 0.333. The highest BCUT2D eigenvalue weighted by atomic mass is 16.5. The van der Waals surface area contributed by atoms with E-state index in [4.69, 9.17) is 9.15 Å². The topological polar surface area (TPSA) is 114 Å². The number of anilines is 1. The highest BCUT2D eigenvalue weighted by molar-refractivity contribution is 5.82. The van der Waals surface area contributed by atoms with Gasteiger partial charge in [0.25, 0.3) is 0 Å². The molecule has 4 aromatic heterocycles. The lowest BCUT2D eigenvalue weighted by Crippen LogP contribution is -2.46. The zero-order valence-electron chi connectivity index (χ0n) is 16.8. The number of aromatic nitrogens is 5. The summed E-state index contributed by atoms with van der Waals surface area (Å²) in [5.74, 6) is 1.43. The Morgan fingerprint density at radius 3 is 2.84 bits per heavy atom. The molecule has 0 radical (unpaired) electrons. The van der Waals surface area contributed by atoms with E-state index in [2.05, 4.69) is 30.2 Å². The van der Waals surface area contributed by atoms with Crippen molar-refractivity contribution < 1.29 is 14.3 Å². The van der Waals surface area contributed by atoms with Gasteiger partial charge in [0.05, 0.1) is 31.8 Å². The van der Waals surface area contributed by atoms with Gasteiger partial charge in [-0.2, -0.15) is 0 Å². The number of ether oxygens (including phenoxy) is 1. The van der Waals surface area contributed by atoms with Crippen LogP contribution in [0.1, 0.15) is 17.6 Å². The summed E-state index contributed by atoms with van der Waals surface area (Å²) in [5.41, 5.74) is 2.49. The van der Waals surface area contributed by atoms with Crippen LogP contribution in [0, 0.1) is 0 Å². The van der Waals surface area contributed by atoms with Crippen LogP contribution in [0.15, 0.2) is 60.0 Å². The summed E-state index contributed by atoms with van der Waals surface area (Å²) in [5, 5.41) is 13.0. The van der Waals surface area contributed by atoms with Crippen LogP contribution in [0.5, 0.6) is 0 Å². The molecule has 1 saturated heterocycles. The second-order valence-corrected chi connectivity index (χ2v) is 7.42. The molecule has 0 saturated carbocycles. The van der Waals surface area contributed by atoms with Crippen LogP contribution < -0.4 is 5.32 Å². The van der Waals surface area contributed by atoms with Gasteiger partial charge < -0.3 is 19.6 Å². The van der Waals surface area contributed by atoms with Crippen LogP contribution in [-0.4, -0.2) is 60.3 Å². The maximum Gasteiger partial charge on any atom is 0.167 e. The zero-order chi connectivity index (χ0) is 21.0. The lowest BCUT2D eigenvalue weighted by atomic mass is 10.2. The highest BCUT2D eigenvalue weighted by Gasteiger charge is 2.30. The first-order valence-electron chi connectivity index (χ1n) is 10.1. The molecule has 0 unspecified atom stereocenters. The smallest absolute Gasteiger partial charge is 0.167 e.